The Morgan fingerprint density at radius 1 is 1.38 bits per heavy atom. The summed E-state index contributed by atoms with van der Waals surface area (Å²) in [6.45, 7) is 6.63. The first-order chi connectivity index (χ1) is 10.0. The minimum atomic E-state index is -0.296. The molecule has 1 aliphatic rings. The Bertz CT molecular complexity index is 511. The third-order valence-corrected chi connectivity index (χ3v) is 4.02. The summed E-state index contributed by atoms with van der Waals surface area (Å²) in [5, 5.41) is 6.90. The molecule has 114 valence electrons. The Hall–Kier alpha value is -1.62. The smallest absolute Gasteiger partial charge is 0.246 e. The van der Waals surface area contributed by atoms with Crippen LogP contribution >= 0.6 is 12.2 Å². The number of benzene rings is 1. The van der Waals surface area contributed by atoms with Crippen molar-refractivity contribution in [1.82, 2.24) is 10.2 Å². The van der Waals surface area contributed by atoms with Gasteiger partial charge in [0.05, 0.1) is 0 Å². The van der Waals surface area contributed by atoms with E-state index in [9.17, 15) is 4.79 Å². The van der Waals surface area contributed by atoms with Gasteiger partial charge < -0.3 is 15.5 Å². The third kappa shape index (κ3) is 4.43. The van der Waals surface area contributed by atoms with Crippen LogP contribution in [-0.2, 0) is 4.79 Å². The van der Waals surface area contributed by atoms with Crippen LogP contribution < -0.4 is 10.6 Å². The maximum atomic E-state index is 12.4. The van der Waals surface area contributed by atoms with Crippen LogP contribution in [0.5, 0.6) is 0 Å². The molecule has 21 heavy (non-hydrogen) atoms. The summed E-state index contributed by atoms with van der Waals surface area (Å²) < 4.78 is 0. The lowest BCUT2D eigenvalue weighted by molar-refractivity contribution is -0.119. The van der Waals surface area contributed by atoms with Gasteiger partial charge in [-0.1, -0.05) is 17.7 Å². The standard InChI is InChI=1S/C16H23N3OS/c1-4-19(16(21)18-14-9-10-14)12(3)15(20)17-13-7-5-11(2)6-8-13/h5-8,12,14H,4,9-10H2,1-3H3,(H,17,20)(H,18,21)/t12-/m1/s1. The minimum Gasteiger partial charge on any atom is -0.360 e. The maximum Gasteiger partial charge on any atom is 0.246 e. The van der Waals surface area contributed by atoms with Crippen molar-refractivity contribution in [3.63, 3.8) is 0 Å². The molecule has 1 amide bonds. The number of aryl methyl sites for hydroxylation is 1. The highest BCUT2D eigenvalue weighted by Crippen LogP contribution is 2.19. The van der Waals surface area contributed by atoms with E-state index in [1.165, 1.54) is 18.4 Å². The average Bonchev–Trinajstić information content (AvgIpc) is 3.25. The predicted molar refractivity (Wildman–Crippen MR) is 90.4 cm³/mol. The first kappa shape index (κ1) is 15.8. The summed E-state index contributed by atoms with van der Waals surface area (Å²) in [5.74, 6) is -0.0411. The largest absolute Gasteiger partial charge is 0.360 e. The molecule has 4 nitrogen and oxygen atoms in total. The van der Waals surface area contributed by atoms with Gasteiger partial charge in [0, 0.05) is 18.3 Å². The molecule has 2 rings (SSSR count). The zero-order valence-electron chi connectivity index (χ0n) is 12.8. The number of anilines is 1. The second-order valence-corrected chi connectivity index (χ2v) is 5.93. The van der Waals surface area contributed by atoms with Crippen molar-refractivity contribution in [3.05, 3.63) is 29.8 Å². The molecular weight excluding hydrogens is 282 g/mol. The SMILES string of the molecule is CCN(C(=S)NC1CC1)[C@H](C)C(=O)Nc1ccc(C)cc1. The highest BCUT2D eigenvalue weighted by Gasteiger charge is 2.27. The number of nitrogens with one attached hydrogen (secondary N) is 2. The van der Waals surface area contributed by atoms with E-state index in [1.54, 1.807) is 0 Å². The summed E-state index contributed by atoms with van der Waals surface area (Å²) >= 11 is 5.40. The number of nitrogens with zero attached hydrogens (tertiary/aromatic N) is 1. The van der Waals surface area contributed by atoms with Crippen molar-refractivity contribution < 1.29 is 4.79 Å². The van der Waals surface area contributed by atoms with Gasteiger partial charge >= 0.3 is 0 Å². The molecular formula is C16H23N3OS. The Balaban J connectivity index is 1.95. The molecule has 1 aromatic rings. The molecule has 1 aromatic carbocycles. The van der Waals surface area contributed by atoms with E-state index in [0.717, 1.165) is 5.69 Å². The third-order valence-electron chi connectivity index (χ3n) is 3.67. The van der Waals surface area contributed by atoms with Crippen LogP contribution in [0, 0.1) is 6.92 Å². The van der Waals surface area contributed by atoms with E-state index in [0.29, 0.717) is 17.7 Å². The molecule has 2 N–H and O–H groups in total. The number of likely N-dealkylation sites (N-methyl/N-ethyl adjacent to an activating group) is 1. The fourth-order valence-corrected chi connectivity index (χ4v) is 2.56. The number of hydrogen-bond donors (Lipinski definition) is 2. The van der Waals surface area contributed by atoms with Crippen molar-refractivity contribution in [2.24, 2.45) is 0 Å². The van der Waals surface area contributed by atoms with Gasteiger partial charge in [0.2, 0.25) is 5.91 Å². The molecule has 0 radical (unpaired) electrons. The van der Waals surface area contributed by atoms with Crippen LogP contribution in [0.2, 0.25) is 0 Å². The van der Waals surface area contributed by atoms with Gasteiger partial charge in [0.25, 0.3) is 0 Å². The second-order valence-electron chi connectivity index (χ2n) is 5.54. The van der Waals surface area contributed by atoms with Crippen LogP contribution in [0.3, 0.4) is 0 Å². The number of rotatable bonds is 5. The monoisotopic (exact) mass is 305 g/mol. The lowest BCUT2D eigenvalue weighted by Crippen LogP contribution is -2.50. The number of amides is 1. The van der Waals surface area contributed by atoms with Gasteiger partial charge in [-0.05, 0) is 58.0 Å². The van der Waals surface area contributed by atoms with Gasteiger partial charge in [-0.15, -0.1) is 0 Å². The number of carbonyl (C=O) groups excluding carboxylic acids is 1. The molecule has 1 saturated carbocycles. The van der Waals surface area contributed by atoms with E-state index >= 15 is 0 Å². The Morgan fingerprint density at radius 2 is 2.00 bits per heavy atom. The minimum absolute atomic E-state index is 0.0411. The first-order valence-electron chi connectivity index (χ1n) is 7.46. The lowest BCUT2D eigenvalue weighted by atomic mass is 10.2. The van der Waals surface area contributed by atoms with Gasteiger partial charge in [-0.3, -0.25) is 4.79 Å². The molecule has 0 aromatic heterocycles. The first-order valence-corrected chi connectivity index (χ1v) is 7.86. The van der Waals surface area contributed by atoms with Crippen molar-refractivity contribution in [3.8, 4) is 0 Å². The van der Waals surface area contributed by atoms with Crippen LogP contribution in [0.15, 0.2) is 24.3 Å². The zero-order chi connectivity index (χ0) is 15.4. The summed E-state index contributed by atoms with van der Waals surface area (Å²) in [4.78, 5) is 14.3. The molecule has 1 atom stereocenters. The molecule has 0 unspecified atom stereocenters. The normalized spacial score (nSPS) is 15.2. The van der Waals surface area contributed by atoms with Gasteiger partial charge in [-0.25, -0.2) is 0 Å². The second kappa shape index (κ2) is 6.89. The van der Waals surface area contributed by atoms with E-state index < -0.39 is 0 Å². The Kier molecular flexibility index (Phi) is 5.17. The summed E-state index contributed by atoms with van der Waals surface area (Å²) in [6, 6.07) is 8.00. The quantitative estimate of drug-likeness (QED) is 0.821. The average molecular weight is 305 g/mol. The highest BCUT2D eigenvalue weighted by molar-refractivity contribution is 7.80. The lowest BCUT2D eigenvalue weighted by Gasteiger charge is -2.29. The van der Waals surface area contributed by atoms with E-state index in [2.05, 4.69) is 10.6 Å². The molecule has 0 aliphatic heterocycles. The molecule has 0 bridgehead atoms. The van der Waals surface area contributed by atoms with Gasteiger partial charge in [0.1, 0.15) is 6.04 Å². The fraction of sp³-hybridized carbons (Fsp3) is 0.500. The topological polar surface area (TPSA) is 44.4 Å². The highest BCUT2D eigenvalue weighted by atomic mass is 32.1. The Labute approximate surface area is 131 Å². The van der Waals surface area contributed by atoms with Crippen LogP contribution in [0.1, 0.15) is 32.3 Å². The molecule has 0 spiro atoms. The van der Waals surface area contributed by atoms with E-state index in [4.69, 9.17) is 12.2 Å². The molecule has 5 heteroatoms. The van der Waals surface area contributed by atoms with Gasteiger partial charge in [0.15, 0.2) is 5.11 Å². The zero-order valence-corrected chi connectivity index (χ0v) is 13.7. The molecule has 1 fully saturated rings. The molecule has 0 saturated heterocycles. The summed E-state index contributed by atoms with van der Waals surface area (Å²) in [5.41, 5.74) is 1.99. The molecule has 0 heterocycles. The fourth-order valence-electron chi connectivity index (χ4n) is 2.10. The molecule has 1 aliphatic carbocycles. The van der Waals surface area contributed by atoms with Crippen LogP contribution in [-0.4, -0.2) is 34.5 Å². The van der Waals surface area contributed by atoms with Crippen molar-refractivity contribution in [2.45, 2.75) is 45.7 Å². The van der Waals surface area contributed by atoms with Crippen LogP contribution in [0.4, 0.5) is 5.69 Å². The van der Waals surface area contributed by atoms with Gasteiger partial charge in [-0.2, -0.15) is 0 Å². The summed E-state index contributed by atoms with van der Waals surface area (Å²) in [6.07, 6.45) is 2.34. The van der Waals surface area contributed by atoms with E-state index in [1.807, 2.05) is 49.9 Å². The van der Waals surface area contributed by atoms with E-state index in [-0.39, 0.29) is 11.9 Å². The number of hydrogen-bond acceptors (Lipinski definition) is 2. The maximum absolute atomic E-state index is 12.4. The van der Waals surface area contributed by atoms with Crippen molar-refractivity contribution in [2.75, 3.05) is 11.9 Å². The van der Waals surface area contributed by atoms with Crippen molar-refractivity contribution in [1.29, 1.82) is 0 Å². The predicted octanol–water partition coefficient (Wildman–Crippen LogP) is 2.68. The number of carbonyl (C=O) groups is 1. The van der Waals surface area contributed by atoms with Crippen molar-refractivity contribution >= 4 is 28.9 Å². The summed E-state index contributed by atoms with van der Waals surface area (Å²) in [7, 11) is 0. The Morgan fingerprint density at radius 3 is 2.52 bits per heavy atom. The number of thiocarbonyl (C=S) groups is 1. The van der Waals surface area contributed by atoms with Crippen LogP contribution in [0.25, 0.3) is 0 Å².